The minimum atomic E-state index is -4.52. The van der Waals surface area contributed by atoms with Crippen molar-refractivity contribution in [2.75, 3.05) is 142 Å². The van der Waals surface area contributed by atoms with Gasteiger partial charge in [-0.3, -0.25) is 0 Å². The summed E-state index contributed by atoms with van der Waals surface area (Å²) in [4.78, 5) is 0. The van der Waals surface area contributed by atoms with E-state index in [4.69, 9.17) is 31.8 Å². The molecule has 0 aromatic rings. The summed E-state index contributed by atoms with van der Waals surface area (Å²) in [6, 6.07) is 0. The van der Waals surface area contributed by atoms with Gasteiger partial charge in [-0.05, 0) is 193 Å². The predicted octanol–water partition coefficient (Wildman–Crippen LogP) is 35.1. The highest BCUT2D eigenvalue weighted by Gasteiger charge is 2.42. The Morgan fingerprint density at radius 3 is 0.324 bits per heavy atom. The van der Waals surface area contributed by atoms with Crippen LogP contribution in [-0.4, -0.2) is 142 Å². The highest BCUT2D eigenvalue weighted by molar-refractivity contribution is 8.35. The Bertz CT molecular complexity index is 1880. The van der Waals surface area contributed by atoms with Crippen LogP contribution in [0, 0.1) is 0 Å². The van der Waals surface area contributed by atoms with Crippen molar-refractivity contribution in [1.29, 1.82) is 0 Å². The van der Waals surface area contributed by atoms with E-state index < -0.39 is 114 Å². The molecule has 8 unspecified atom stereocenters. The minimum Gasteiger partial charge on any atom is -0.234 e. The molecule has 0 saturated carbocycles. The van der Waals surface area contributed by atoms with Crippen molar-refractivity contribution in [1.82, 2.24) is 0 Å². The summed E-state index contributed by atoms with van der Waals surface area (Å²) in [6.07, 6.45) is 61.9. The lowest BCUT2D eigenvalue weighted by molar-refractivity contribution is 0.364. The molecule has 0 aromatic carbocycles. The second-order valence-corrected chi connectivity index (χ2v) is 66.1. The Kier molecular flexibility index (Phi) is 73.7. The van der Waals surface area contributed by atoms with Crippen molar-refractivity contribution in [3.63, 3.8) is 0 Å². The molecule has 0 aliphatic carbocycles. The first-order valence-corrected chi connectivity index (χ1v) is 67.6. The van der Waals surface area contributed by atoms with Crippen molar-refractivity contribution in [3.05, 3.63) is 0 Å². The van der Waals surface area contributed by atoms with Crippen molar-refractivity contribution < 1.29 is 66.8 Å². The second kappa shape index (κ2) is 67.7. The molecule has 672 valence electrons. The molecule has 0 rings (SSSR count). The monoisotopic (exact) mass is 1790 g/mol. The molecule has 12 nitrogen and oxygen atoms in total. The molecule has 0 heterocycles. The summed E-state index contributed by atoms with van der Waals surface area (Å²) in [5.74, 6) is 12.2. The Morgan fingerprint density at radius 2 is 0.250 bits per heavy atom. The van der Waals surface area contributed by atoms with Gasteiger partial charge in [0.15, 0.2) is 0 Å². The van der Waals surface area contributed by atoms with Crippen molar-refractivity contribution in [2.45, 2.75) is 368 Å². The summed E-state index contributed by atoms with van der Waals surface area (Å²) in [5, 5.41) is 0. The van der Waals surface area contributed by atoms with Crippen LogP contribution < -0.4 is 0 Å². The van der Waals surface area contributed by atoms with E-state index in [2.05, 4.69) is 55.4 Å². The van der Waals surface area contributed by atoms with Gasteiger partial charge in [0.25, 0.3) is 0 Å². The lowest BCUT2D eigenvalue weighted by atomic mass is 10.2. The van der Waals surface area contributed by atoms with Gasteiger partial charge in [0, 0.05) is 0 Å². The lowest BCUT2D eigenvalue weighted by Gasteiger charge is -2.39. The number of hydrogen-bond acceptors (Lipinski definition) is 12. The van der Waals surface area contributed by atoms with Crippen LogP contribution in [0.4, 0.5) is 16.8 Å². The zero-order chi connectivity index (χ0) is 83.3. The third-order valence-corrected chi connectivity index (χ3v) is 56.7. The molecule has 108 heavy (non-hydrogen) atoms. The van der Waals surface area contributed by atoms with E-state index in [9.17, 15) is 35.0 Å². The smallest absolute Gasteiger partial charge is 0.234 e. The van der Waals surface area contributed by atoms with Crippen LogP contribution in [0.15, 0.2) is 0 Å². The maximum Gasteiger partial charge on any atom is 0.532 e. The van der Waals surface area contributed by atoms with E-state index in [1.165, 1.54) is 154 Å². The van der Waals surface area contributed by atoms with Crippen LogP contribution in [0.5, 0.6) is 0 Å². The highest BCUT2D eigenvalue weighted by Crippen LogP contribution is 2.75. The van der Waals surface area contributed by atoms with Gasteiger partial charge in [0.05, 0.1) is 0 Å². The first kappa shape index (κ1) is 117. The van der Waals surface area contributed by atoms with Crippen LogP contribution in [0.2, 0.25) is 0 Å². The van der Waals surface area contributed by atoms with E-state index in [1.54, 1.807) is 0 Å². The normalized spacial score (nSPS) is 21.0. The third kappa shape index (κ3) is 65.9. The molecular weight excluding hydrogens is 1610 g/mol. The van der Waals surface area contributed by atoms with E-state index in [0.717, 1.165) is 149 Å². The molecule has 0 aliphatic rings. The van der Waals surface area contributed by atoms with Crippen LogP contribution in [0.25, 0.3) is 0 Å². The summed E-state index contributed by atoms with van der Waals surface area (Å²) in [5.41, 5.74) is 0. The van der Waals surface area contributed by atoms with Gasteiger partial charge in [0.1, 0.15) is 0 Å². The van der Waals surface area contributed by atoms with Gasteiger partial charge < -0.3 is 0 Å². The Balaban J connectivity index is -0.000000668. The SMILES string of the molecule is CCCCCCCS(C)(CC)OP(=O)(F)OS(C)(CC)CCCCCCC.CCCCCCCS(C)(CC)OP(=O)(F)OS(C)(CC)CCCCCCC.CCCCCCCS(C)(CC)OP(=O)(F)OS(C)(CC)CCCCCCC.CCCCCCCS(C)(CC)OP(=O)(F)OS(C)(CC)CCCCCCC. The van der Waals surface area contributed by atoms with Crippen LogP contribution in [0.3, 0.4) is 0 Å². The first-order chi connectivity index (χ1) is 50.6. The minimum absolute atomic E-state index is 0.716. The van der Waals surface area contributed by atoms with E-state index >= 15 is 0 Å². The number of hydrogen-bond donors (Lipinski definition) is 0. The van der Waals surface area contributed by atoms with Crippen molar-refractivity contribution in [2.24, 2.45) is 0 Å². The van der Waals surface area contributed by atoms with Gasteiger partial charge in [-0.2, -0.15) is 0 Å². The zero-order valence-electron chi connectivity index (χ0n) is 75.1. The largest absolute Gasteiger partial charge is 0.532 e. The van der Waals surface area contributed by atoms with Crippen LogP contribution in [0.1, 0.15) is 368 Å². The molecule has 0 bridgehead atoms. The first-order valence-electron chi connectivity index (χ1n) is 43.4. The van der Waals surface area contributed by atoms with Crippen molar-refractivity contribution >= 4 is 114 Å². The van der Waals surface area contributed by atoms with Gasteiger partial charge in [0.2, 0.25) is 0 Å². The van der Waals surface area contributed by atoms with Crippen LogP contribution >= 0.6 is 114 Å². The molecule has 0 spiro atoms. The maximum absolute atomic E-state index is 14.9. The zero-order valence-corrected chi connectivity index (χ0v) is 85.2. The number of unbranched alkanes of at least 4 members (excludes halogenated alkanes) is 32. The second-order valence-electron chi connectivity index (χ2n) is 31.0. The lowest BCUT2D eigenvalue weighted by Crippen LogP contribution is -2.13. The van der Waals surface area contributed by atoms with Gasteiger partial charge >= 0.3 is 31.6 Å². The predicted molar refractivity (Wildman–Crippen MR) is 505 cm³/mol. The third-order valence-electron chi connectivity index (χ3n) is 20.5. The van der Waals surface area contributed by atoms with Crippen LogP contribution in [-0.2, 0) is 50.0 Å². The molecule has 0 aromatic heterocycles. The van der Waals surface area contributed by atoms with E-state index in [-0.39, 0.29) is 0 Å². The molecule has 0 amide bonds. The molecule has 28 heteroatoms. The van der Waals surface area contributed by atoms with E-state index in [1.807, 2.05) is 105 Å². The molecule has 0 fully saturated rings. The summed E-state index contributed by atoms with van der Waals surface area (Å²) >= 11 is 0. The van der Waals surface area contributed by atoms with Crippen molar-refractivity contribution in [3.8, 4) is 0 Å². The van der Waals surface area contributed by atoms with E-state index in [0.29, 0.717) is 46.0 Å². The summed E-state index contributed by atoms with van der Waals surface area (Å²) in [6.45, 7) is 33.5. The fraction of sp³-hybridized carbons (Fsp3) is 1.00. The molecule has 0 aliphatic heterocycles. The van der Waals surface area contributed by atoms with Gasteiger partial charge in [-0.15, -0.1) is 99.3 Å². The van der Waals surface area contributed by atoms with Gasteiger partial charge in [-0.1, -0.05) is 316 Å². The number of halogens is 4. The molecule has 0 saturated heterocycles. The van der Waals surface area contributed by atoms with Gasteiger partial charge in [-0.25, -0.2) is 50.0 Å². The molecular formula is C80H184F4O12P4S8. The standard InChI is InChI=1S/4C20H46FO3PS2/c4*1-7-11-13-15-17-19-26(5,9-3)23-25(21,22)24-27(6,10-4)20-18-16-14-12-8-2/h4*7-20H2,1-6H3. The average molecular weight is 1790 g/mol. The quantitative estimate of drug-likeness (QED) is 0.0325. The highest BCUT2D eigenvalue weighted by atomic mass is 32.3. The Labute approximate surface area is 685 Å². The maximum atomic E-state index is 14.9. The molecule has 0 radical (unpaired) electrons. The molecule has 8 atom stereocenters. The summed E-state index contributed by atoms with van der Waals surface area (Å²) < 4.78 is 154. The topological polar surface area (TPSA) is 142 Å². The average Bonchev–Trinajstić information content (AvgIpc) is 0.845. The molecule has 0 N–H and O–H groups in total. The fourth-order valence-corrected chi connectivity index (χ4v) is 41.4. The number of rotatable bonds is 72. The Morgan fingerprint density at radius 1 is 0.167 bits per heavy atom. The summed E-state index contributed by atoms with van der Waals surface area (Å²) in [7, 11) is -31.5. The Hall–Kier alpha value is 3.12. The fourth-order valence-electron chi connectivity index (χ4n) is 11.7.